The lowest BCUT2D eigenvalue weighted by Crippen LogP contribution is -2.09. The van der Waals surface area contributed by atoms with Crippen LogP contribution >= 0.6 is 0 Å². The molecular weight excluding hydrogens is 216 g/mol. The van der Waals surface area contributed by atoms with Crippen LogP contribution in [0.4, 0.5) is 0 Å². The highest BCUT2D eigenvalue weighted by Crippen LogP contribution is 2.11. The fraction of sp³-hybridized carbons (Fsp3) is 1.00. The van der Waals surface area contributed by atoms with Crippen molar-refractivity contribution in [3.63, 3.8) is 0 Å². The van der Waals surface area contributed by atoms with E-state index in [4.69, 9.17) is 0 Å². The Kier molecular flexibility index (Phi) is 10.4. The summed E-state index contributed by atoms with van der Waals surface area (Å²) in [5.74, 6) is 0.920. The van der Waals surface area contributed by atoms with Crippen molar-refractivity contribution in [1.82, 2.24) is 0 Å². The molecule has 0 aromatic heterocycles. The Morgan fingerprint density at radius 3 is 1.44 bits per heavy atom. The normalized spacial score (nSPS) is 11.9. The van der Waals surface area contributed by atoms with Gasteiger partial charge in [-0.1, -0.05) is 58.3 Å². The van der Waals surface area contributed by atoms with Gasteiger partial charge in [0.1, 0.15) is 18.3 Å². The van der Waals surface area contributed by atoms with Gasteiger partial charge in [0, 0.05) is 0 Å². The number of hydrogen-bond donors (Lipinski definition) is 0. The number of unbranched alkanes of at least 4 members (excludes halogenated alkanes) is 9. The van der Waals surface area contributed by atoms with Crippen LogP contribution in [-0.4, -0.2) is 18.3 Å². The van der Waals surface area contributed by atoms with Gasteiger partial charge in [-0.25, -0.2) is 0 Å². The van der Waals surface area contributed by atoms with Crippen LogP contribution in [-0.2, 0) is 14.1 Å². The van der Waals surface area contributed by atoms with Gasteiger partial charge in [-0.2, -0.15) is 0 Å². The van der Waals surface area contributed by atoms with E-state index in [0.29, 0.717) is 0 Å². The molecule has 0 aromatic carbocycles. The topological polar surface area (TPSA) is 17.1 Å². The summed E-state index contributed by atoms with van der Waals surface area (Å²) >= 11 is 0. The maximum Gasteiger partial charge on any atom is 0.111 e. The Labute approximate surface area is 104 Å². The first-order valence-electron chi connectivity index (χ1n) is 6.98. The fourth-order valence-corrected chi connectivity index (χ4v) is 2.84. The van der Waals surface area contributed by atoms with Crippen LogP contribution in [0.3, 0.4) is 0 Å². The molecule has 0 bridgehead atoms. The molecule has 0 atom stereocenters. The lowest BCUT2D eigenvalue weighted by Gasteiger charge is -2.02. The lowest BCUT2D eigenvalue weighted by molar-refractivity contribution is 0.559. The highest BCUT2D eigenvalue weighted by molar-refractivity contribution is 8.01. The summed E-state index contributed by atoms with van der Waals surface area (Å²) in [5.41, 5.74) is 0. The molecule has 0 aliphatic carbocycles. The van der Waals surface area contributed by atoms with Gasteiger partial charge < -0.3 is 0 Å². The summed E-state index contributed by atoms with van der Waals surface area (Å²) in [5, 5.41) is 0. The second-order valence-electron chi connectivity index (χ2n) is 5.32. The smallest absolute Gasteiger partial charge is 0.106 e. The molecule has 0 aromatic rings. The minimum absolute atomic E-state index is 0.920. The van der Waals surface area contributed by atoms with Crippen LogP contribution in [0.25, 0.3) is 0 Å². The third-order valence-corrected chi connectivity index (χ3v) is 4.26. The van der Waals surface area contributed by atoms with Crippen molar-refractivity contribution < 1.29 is 4.21 Å². The maximum atomic E-state index is 11.4. The second kappa shape index (κ2) is 10.3. The molecule has 0 radical (unpaired) electrons. The molecule has 0 rings (SSSR count). The monoisotopic (exact) mass is 247 g/mol. The van der Waals surface area contributed by atoms with E-state index in [2.05, 4.69) is 6.92 Å². The van der Waals surface area contributed by atoms with Gasteiger partial charge in [0.2, 0.25) is 0 Å². The largest absolute Gasteiger partial charge is 0.111 e. The van der Waals surface area contributed by atoms with Crippen LogP contribution in [0.15, 0.2) is 0 Å². The Morgan fingerprint density at radius 2 is 1.06 bits per heavy atom. The third kappa shape index (κ3) is 14.1. The van der Waals surface area contributed by atoms with E-state index in [1.54, 1.807) is 0 Å². The SMILES string of the molecule is CCCCCCCCCCCC[S+](C)(C)=O. The molecule has 16 heavy (non-hydrogen) atoms. The van der Waals surface area contributed by atoms with Gasteiger partial charge in [-0.3, -0.25) is 0 Å². The molecule has 0 heterocycles. The van der Waals surface area contributed by atoms with Crippen molar-refractivity contribution in [2.24, 2.45) is 0 Å². The Balaban J connectivity index is 3.02. The van der Waals surface area contributed by atoms with E-state index in [9.17, 15) is 4.21 Å². The number of hydrogen-bond acceptors (Lipinski definition) is 1. The standard InChI is InChI=1S/C14H31OS/c1-4-5-6-7-8-9-10-11-12-13-14-16(2,3)15/h4-14H2,1-3H3/q+1. The van der Waals surface area contributed by atoms with E-state index in [1.807, 2.05) is 12.5 Å². The van der Waals surface area contributed by atoms with Crippen LogP contribution in [0, 0.1) is 0 Å². The summed E-state index contributed by atoms with van der Waals surface area (Å²) in [7, 11) is -1.48. The lowest BCUT2D eigenvalue weighted by atomic mass is 10.1. The van der Waals surface area contributed by atoms with Gasteiger partial charge >= 0.3 is 0 Å². The molecule has 0 saturated heterocycles. The summed E-state index contributed by atoms with van der Waals surface area (Å²) < 4.78 is 11.4. The van der Waals surface area contributed by atoms with Crippen molar-refractivity contribution in [1.29, 1.82) is 0 Å². The van der Waals surface area contributed by atoms with Crippen molar-refractivity contribution in [3.05, 3.63) is 0 Å². The highest BCUT2D eigenvalue weighted by Gasteiger charge is 2.10. The Morgan fingerprint density at radius 1 is 0.688 bits per heavy atom. The molecule has 1 nitrogen and oxygen atoms in total. The van der Waals surface area contributed by atoms with Gasteiger partial charge in [0.05, 0.1) is 9.93 Å². The molecule has 0 unspecified atom stereocenters. The minimum atomic E-state index is -1.48. The van der Waals surface area contributed by atoms with Crippen molar-refractivity contribution >= 4 is 9.93 Å². The second-order valence-corrected chi connectivity index (χ2v) is 8.60. The first-order valence-corrected chi connectivity index (χ1v) is 9.52. The summed E-state index contributed by atoms with van der Waals surface area (Å²) in [6, 6.07) is 0. The van der Waals surface area contributed by atoms with E-state index >= 15 is 0 Å². The zero-order valence-corrected chi connectivity index (χ0v) is 12.4. The zero-order chi connectivity index (χ0) is 12.3. The summed E-state index contributed by atoms with van der Waals surface area (Å²) in [6.45, 7) is 2.26. The molecule has 0 N–H and O–H groups in total. The van der Waals surface area contributed by atoms with E-state index in [-0.39, 0.29) is 0 Å². The molecule has 2 heteroatoms. The van der Waals surface area contributed by atoms with Crippen LogP contribution in [0.5, 0.6) is 0 Å². The molecule has 0 amide bonds. The molecule has 0 aliphatic heterocycles. The molecule has 0 aliphatic rings. The predicted octanol–water partition coefficient (Wildman–Crippen LogP) is 4.67. The van der Waals surface area contributed by atoms with E-state index in [0.717, 1.165) is 12.2 Å². The average Bonchev–Trinajstić information content (AvgIpc) is 2.19. The molecule has 0 saturated carbocycles. The summed E-state index contributed by atoms with van der Waals surface area (Å²) in [6.07, 6.45) is 17.3. The van der Waals surface area contributed by atoms with E-state index < -0.39 is 9.93 Å². The first kappa shape index (κ1) is 16.1. The molecule has 98 valence electrons. The van der Waals surface area contributed by atoms with E-state index in [1.165, 1.54) is 57.8 Å². The molecule has 0 spiro atoms. The Hall–Kier alpha value is 0.150. The zero-order valence-electron chi connectivity index (χ0n) is 11.6. The van der Waals surface area contributed by atoms with Crippen LogP contribution < -0.4 is 0 Å². The highest BCUT2D eigenvalue weighted by atomic mass is 32.2. The quantitative estimate of drug-likeness (QED) is 0.383. The van der Waals surface area contributed by atoms with Gasteiger partial charge in [-0.05, 0) is 12.8 Å². The summed E-state index contributed by atoms with van der Waals surface area (Å²) in [4.78, 5) is 0. The maximum absolute atomic E-state index is 11.4. The minimum Gasteiger partial charge on any atom is -0.106 e. The average molecular weight is 247 g/mol. The fourth-order valence-electron chi connectivity index (χ4n) is 1.94. The molecule has 0 fully saturated rings. The van der Waals surface area contributed by atoms with Crippen molar-refractivity contribution in [2.75, 3.05) is 18.3 Å². The van der Waals surface area contributed by atoms with Crippen molar-refractivity contribution in [2.45, 2.75) is 71.1 Å². The molecular formula is C14H31OS+. The Bertz CT molecular complexity index is 183. The van der Waals surface area contributed by atoms with Crippen LogP contribution in [0.2, 0.25) is 0 Å². The third-order valence-electron chi connectivity index (χ3n) is 2.99. The predicted molar refractivity (Wildman–Crippen MR) is 76.6 cm³/mol. The number of rotatable bonds is 11. The van der Waals surface area contributed by atoms with Gasteiger partial charge in [-0.15, -0.1) is 4.21 Å². The first-order chi connectivity index (χ1) is 7.56. The van der Waals surface area contributed by atoms with Crippen LogP contribution in [0.1, 0.15) is 71.1 Å². The van der Waals surface area contributed by atoms with Crippen molar-refractivity contribution in [3.8, 4) is 0 Å². The van der Waals surface area contributed by atoms with Gasteiger partial charge in [0.25, 0.3) is 0 Å². The van der Waals surface area contributed by atoms with Gasteiger partial charge in [0.15, 0.2) is 0 Å².